The van der Waals surface area contributed by atoms with Gasteiger partial charge in [-0.05, 0) is 67.1 Å². The summed E-state index contributed by atoms with van der Waals surface area (Å²) in [5.74, 6) is -0.0530. The molecule has 236 valence electrons. The van der Waals surface area contributed by atoms with Crippen molar-refractivity contribution < 1.29 is 18.4 Å². The van der Waals surface area contributed by atoms with Crippen LogP contribution in [0.2, 0.25) is 0 Å². The fourth-order valence-electron chi connectivity index (χ4n) is 5.30. The molecule has 0 bridgehead atoms. The molecule has 0 spiro atoms. The highest BCUT2D eigenvalue weighted by atomic mass is 31.1. The zero-order chi connectivity index (χ0) is 31.7. The predicted octanol–water partition coefficient (Wildman–Crippen LogP) is 3.97. The lowest BCUT2D eigenvalue weighted by atomic mass is 9.82. The third-order valence-corrected chi connectivity index (χ3v) is 9.57. The number of imidazole rings is 1. The minimum absolute atomic E-state index is 0.0512. The molecule has 4 unspecified atom stereocenters. The Bertz CT molecular complexity index is 1450. The minimum atomic E-state index is -2.91. The van der Waals surface area contributed by atoms with Crippen molar-refractivity contribution in [3.8, 4) is 0 Å². The Hall–Kier alpha value is -1.69. The van der Waals surface area contributed by atoms with Crippen molar-refractivity contribution in [1.29, 1.82) is 0 Å². The van der Waals surface area contributed by atoms with Gasteiger partial charge in [-0.3, -0.25) is 9.59 Å². The normalized spacial score (nSPS) is 17.4. The predicted molar refractivity (Wildman–Crippen MR) is 179 cm³/mol. The van der Waals surface area contributed by atoms with Gasteiger partial charge in [0.05, 0.1) is 17.1 Å². The molecule has 0 saturated heterocycles. The first-order valence-corrected chi connectivity index (χ1v) is 16.5. The fraction of sp³-hybridized carbons (Fsp3) is 0.593. The summed E-state index contributed by atoms with van der Waals surface area (Å²) in [6.07, 6.45) is 4.95. The van der Waals surface area contributed by atoms with E-state index in [2.05, 4.69) is 68.0 Å². The van der Waals surface area contributed by atoms with Crippen molar-refractivity contribution in [2.45, 2.75) is 88.1 Å². The number of nitrogens with zero attached hydrogens (tertiary/aromatic N) is 4. The van der Waals surface area contributed by atoms with Crippen LogP contribution in [0.1, 0.15) is 93.5 Å². The van der Waals surface area contributed by atoms with Crippen molar-refractivity contribution in [2.75, 3.05) is 6.54 Å². The lowest BCUT2D eigenvalue weighted by molar-refractivity contribution is -0.124. The summed E-state index contributed by atoms with van der Waals surface area (Å²) < 4.78 is 28.7. The molecule has 2 amide bonds. The van der Waals surface area contributed by atoms with Gasteiger partial charge in [-0.2, -0.15) is 13.9 Å². The van der Waals surface area contributed by atoms with Crippen molar-refractivity contribution in [3.63, 3.8) is 0 Å². The summed E-state index contributed by atoms with van der Waals surface area (Å²) in [6.45, 7) is 5.07. The molecular weight excluding hydrogens is 630 g/mol. The van der Waals surface area contributed by atoms with Crippen LogP contribution in [-0.4, -0.2) is 59.7 Å². The van der Waals surface area contributed by atoms with Crippen LogP contribution in [0.4, 0.5) is 8.78 Å². The summed E-state index contributed by atoms with van der Waals surface area (Å²) in [4.78, 5) is 39.1. The summed E-state index contributed by atoms with van der Waals surface area (Å²) in [5, 5.41) is 12.4. The number of benzene rings is 1. The van der Waals surface area contributed by atoms with Gasteiger partial charge in [0.15, 0.2) is 0 Å². The summed E-state index contributed by atoms with van der Waals surface area (Å²) in [6, 6.07) is 1.57. The van der Waals surface area contributed by atoms with E-state index in [1.54, 1.807) is 16.8 Å². The number of fused-ring (bicyclic) bond motifs is 1. The third kappa shape index (κ3) is 8.52. The van der Waals surface area contributed by atoms with Gasteiger partial charge in [0.2, 0.25) is 11.7 Å². The van der Waals surface area contributed by atoms with Crippen LogP contribution in [0.15, 0.2) is 18.5 Å². The Morgan fingerprint density at radius 3 is 2.49 bits per heavy atom. The number of halogens is 2. The smallest absolute Gasteiger partial charge is 0.293 e. The van der Waals surface area contributed by atoms with Crippen LogP contribution >= 0.6 is 37.0 Å². The Morgan fingerprint density at radius 2 is 1.88 bits per heavy atom. The van der Waals surface area contributed by atoms with E-state index in [0.717, 1.165) is 25.7 Å². The van der Waals surface area contributed by atoms with Crippen molar-refractivity contribution in [1.82, 2.24) is 40.7 Å². The van der Waals surface area contributed by atoms with E-state index in [4.69, 9.17) is 4.98 Å². The molecule has 2 heterocycles. The maximum absolute atomic E-state index is 13.6. The number of alkyl halides is 2. The Labute approximate surface area is 260 Å². The van der Waals surface area contributed by atoms with Gasteiger partial charge in [-0.15, -0.1) is 37.0 Å². The molecule has 6 atom stereocenters. The van der Waals surface area contributed by atoms with Gasteiger partial charge >= 0.3 is 0 Å². The van der Waals surface area contributed by atoms with Crippen LogP contribution in [0.25, 0.3) is 11.0 Å². The summed E-state index contributed by atoms with van der Waals surface area (Å²) >= 11 is 0. The zero-order valence-corrected chi connectivity index (χ0v) is 29.4. The van der Waals surface area contributed by atoms with Crippen LogP contribution in [-0.2, 0) is 4.79 Å². The molecule has 1 aliphatic rings. The highest BCUT2D eigenvalue weighted by molar-refractivity contribution is 7.39. The van der Waals surface area contributed by atoms with E-state index in [0.29, 0.717) is 34.3 Å². The lowest BCUT2D eigenvalue weighted by Crippen LogP contribution is -2.44. The highest BCUT2D eigenvalue weighted by Crippen LogP contribution is 2.46. The first-order valence-electron chi connectivity index (χ1n) is 14.2. The molecule has 0 radical (unpaired) electrons. The molecule has 1 aliphatic carbocycles. The molecule has 0 aliphatic heterocycles. The number of aromatic nitrogens is 5. The molecular formula is C27H42F2N8O2P4. The molecule has 43 heavy (non-hydrogen) atoms. The Kier molecular flexibility index (Phi) is 10.9. The van der Waals surface area contributed by atoms with Crippen LogP contribution in [0.5, 0.6) is 0 Å². The van der Waals surface area contributed by atoms with Crippen molar-refractivity contribution in [3.05, 3.63) is 35.7 Å². The second-order valence-corrected chi connectivity index (χ2v) is 17.4. The van der Waals surface area contributed by atoms with Gasteiger partial charge in [-0.1, -0.05) is 19.9 Å². The molecule has 1 aromatic carbocycles. The Balaban J connectivity index is 1.70. The molecule has 4 rings (SSSR count). The number of nitrogens with one attached hydrogen (secondary N) is 4. The van der Waals surface area contributed by atoms with Gasteiger partial charge in [0, 0.05) is 17.9 Å². The maximum Gasteiger partial charge on any atom is 0.293 e. The third-order valence-electron chi connectivity index (χ3n) is 7.61. The number of hydrogen-bond acceptors (Lipinski definition) is 6. The largest absolute Gasteiger partial charge is 0.354 e. The van der Waals surface area contributed by atoms with E-state index >= 15 is 0 Å². The number of H-pyrrole nitrogens is 1. The zero-order valence-electron chi connectivity index (χ0n) is 24.8. The molecule has 1 saturated carbocycles. The Morgan fingerprint density at radius 1 is 1.21 bits per heavy atom. The quantitative estimate of drug-likeness (QED) is 0.180. The van der Waals surface area contributed by atoms with E-state index in [9.17, 15) is 18.4 Å². The minimum Gasteiger partial charge on any atom is -0.354 e. The number of aromatic amines is 1. The average molecular weight is 673 g/mol. The van der Waals surface area contributed by atoms with E-state index in [1.165, 1.54) is 6.33 Å². The topological polar surface area (TPSA) is 130 Å². The average Bonchev–Trinajstić information content (AvgIpc) is 3.57. The summed E-state index contributed by atoms with van der Waals surface area (Å²) in [7, 11) is 11.0. The molecule has 2 aromatic heterocycles. The lowest BCUT2D eigenvalue weighted by Gasteiger charge is -2.37. The first kappa shape index (κ1) is 34.2. The number of rotatable bonds is 11. The van der Waals surface area contributed by atoms with Crippen molar-refractivity contribution >= 4 is 65.1 Å². The van der Waals surface area contributed by atoms with E-state index in [-0.39, 0.29) is 33.7 Å². The van der Waals surface area contributed by atoms with Gasteiger partial charge in [0.1, 0.15) is 18.2 Å². The second-order valence-electron chi connectivity index (χ2n) is 12.3. The van der Waals surface area contributed by atoms with E-state index < -0.39 is 24.5 Å². The number of hydrogen-bond donors (Lipinski definition) is 4. The molecule has 3 aromatic rings. The fourth-order valence-corrected chi connectivity index (χ4v) is 6.55. The highest BCUT2D eigenvalue weighted by Gasteiger charge is 2.36. The molecule has 16 heteroatoms. The van der Waals surface area contributed by atoms with Crippen molar-refractivity contribution in [2.24, 2.45) is 5.92 Å². The van der Waals surface area contributed by atoms with E-state index in [1.807, 2.05) is 27.7 Å². The van der Waals surface area contributed by atoms with Gasteiger partial charge in [0.25, 0.3) is 12.5 Å². The number of amides is 2. The molecule has 10 nitrogen and oxygen atoms in total. The molecule has 4 N–H and O–H groups in total. The van der Waals surface area contributed by atoms with Gasteiger partial charge < -0.3 is 15.6 Å². The maximum atomic E-state index is 13.6. The standard InChI is InChI=1S/C27H42F2N8O2P4/c1-13(2)37-22(31-12-32-37)24(39)35-17(14-7-9-27(42,43)10-8-14)21-33-16-6-5-15(20(40)19(16)34-21)18(36-25(28)29)23(38)30-11-26(3,4)41/h5-6,12-14,17-18,25,36H,7-11,40-43H2,1-4H3,(H,30,38)(H,33,34)(H,35,39)/t17-,18-/m0/s1. The first-order chi connectivity index (χ1) is 20.1. The monoisotopic (exact) mass is 672 g/mol. The van der Waals surface area contributed by atoms with Crippen LogP contribution < -0.4 is 21.3 Å². The number of carbonyl (C=O) groups is 2. The second kappa shape index (κ2) is 13.7. The van der Waals surface area contributed by atoms with Crippen LogP contribution in [0.3, 0.4) is 0 Å². The molecule has 1 fully saturated rings. The SMILES string of the molecule is CC(C)n1ncnc1C(=O)N[C@H](c1nc2c(P)c([C@H](NC(F)F)C(=O)NCC(C)(C)P)ccc2[nH]1)C1CCC(P)(P)CC1. The van der Waals surface area contributed by atoms with Crippen LogP contribution in [0, 0.1) is 5.92 Å². The number of carbonyl (C=O) groups excluding carboxylic acids is 2. The van der Waals surface area contributed by atoms with Gasteiger partial charge in [-0.25, -0.2) is 20.0 Å². The summed E-state index contributed by atoms with van der Waals surface area (Å²) in [5.41, 5.74) is 1.55.